The van der Waals surface area contributed by atoms with Crippen LogP contribution in [0, 0.1) is 5.92 Å². The van der Waals surface area contributed by atoms with Crippen LogP contribution in [0.15, 0.2) is 24.3 Å². The van der Waals surface area contributed by atoms with Crippen molar-refractivity contribution in [1.29, 1.82) is 0 Å². The second-order valence-corrected chi connectivity index (χ2v) is 9.14. The summed E-state index contributed by atoms with van der Waals surface area (Å²) in [4.78, 5) is 14.7. The van der Waals surface area contributed by atoms with Crippen LogP contribution < -0.4 is 10.2 Å². The van der Waals surface area contributed by atoms with E-state index in [1.165, 1.54) is 0 Å². The maximum absolute atomic E-state index is 12.7. The summed E-state index contributed by atoms with van der Waals surface area (Å²) in [6, 6.07) is 7.64. The molecule has 1 saturated carbocycles. The minimum absolute atomic E-state index is 0.0746. The number of fused-ring (bicyclic) bond motifs is 1. The lowest BCUT2D eigenvalue weighted by molar-refractivity contribution is 0.00811. The van der Waals surface area contributed by atoms with Crippen molar-refractivity contribution >= 4 is 21.4 Å². The Bertz CT molecular complexity index is 735. The lowest BCUT2D eigenvalue weighted by Crippen LogP contribution is -2.53. The standard InChI is InChI=1S/C17H22N2O4S/c20-17(18-14-11-16-12(14)5-8-23-16)13-3-1-2-4-15(13)19-6-9-24(21,22)10-7-19/h1-4,12,14,16H,5-11H2,(H,18,20)/t12-,14+,16+/m0/s1. The Kier molecular flexibility index (Phi) is 4.00. The van der Waals surface area contributed by atoms with E-state index in [1.807, 2.05) is 29.2 Å². The molecule has 6 nitrogen and oxygen atoms in total. The van der Waals surface area contributed by atoms with Crippen molar-refractivity contribution in [1.82, 2.24) is 5.32 Å². The molecular weight excluding hydrogens is 328 g/mol. The van der Waals surface area contributed by atoms with Crippen LogP contribution in [0.5, 0.6) is 0 Å². The molecule has 24 heavy (non-hydrogen) atoms. The number of nitrogens with zero attached hydrogens (tertiary/aromatic N) is 1. The molecule has 1 aromatic rings. The molecule has 3 fully saturated rings. The van der Waals surface area contributed by atoms with Gasteiger partial charge < -0.3 is 15.0 Å². The Hall–Kier alpha value is -1.60. The van der Waals surface area contributed by atoms with Gasteiger partial charge in [0.25, 0.3) is 5.91 Å². The second-order valence-electron chi connectivity index (χ2n) is 6.83. The number of hydrogen-bond donors (Lipinski definition) is 1. The number of nitrogens with one attached hydrogen (secondary N) is 1. The van der Waals surface area contributed by atoms with Gasteiger partial charge in [-0.2, -0.15) is 0 Å². The summed E-state index contributed by atoms with van der Waals surface area (Å²) < 4.78 is 28.8. The largest absolute Gasteiger partial charge is 0.378 e. The van der Waals surface area contributed by atoms with Gasteiger partial charge in [0.15, 0.2) is 9.84 Å². The summed E-state index contributed by atoms with van der Waals surface area (Å²) in [6.07, 6.45) is 2.22. The number of para-hydroxylation sites is 1. The van der Waals surface area contributed by atoms with Crippen molar-refractivity contribution in [2.75, 3.05) is 36.1 Å². The van der Waals surface area contributed by atoms with E-state index in [0.29, 0.717) is 30.7 Å². The molecule has 7 heteroatoms. The molecule has 1 N–H and O–H groups in total. The molecule has 1 aliphatic carbocycles. The molecule has 2 heterocycles. The van der Waals surface area contributed by atoms with Gasteiger partial charge >= 0.3 is 0 Å². The number of anilines is 1. The van der Waals surface area contributed by atoms with Gasteiger partial charge in [0.1, 0.15) is 0 Å². The predicted molar refractivity (Wildman–Crippen MR) is 91.0 cm³/mol. The average Bonchev–Trinajstić information content (AvgIpc) is 2.93. The van der Waals surface area contributed by atoms with Gasteiger partial charge in [-0.25, -0.2) is 8.42 Å². The summed E-state index contributed by atoms with van der Waals surface area (Å²) in [6.45, 7) is 1.67. The number of amides is 1. The summed E-state index contributed by atoms with van der Waals surface area (Å²) in [5.41, 5.74) is 1.45. The fraction of sp³-hybridized carbons (Fsp3) is 0.588. The van der Waals surface area contributed by atoms with E-state index in [2.05, 4.69) is 5.32 Å². The number of sulfone groups is 1. The normalized spacial score (nSPS) is 31.2. The van der Waals surface area contributed by atoms with Crippen LogP contribution in [0.3, 0.4) is 0 Å². The first-order valence-corrected chi connectivity index (χ1v) is 10.3. The van der Waals surface area contributed by atoms with Crippen molar-refractivity contribution in [2.45, 2.75) is 25.0 Å². The Morgan fingerprint density at radius 3 is 2.71 bits per heavy atom. The topological polar surface area (TPSA) is 75.7 Å². The van der Waals surface area contributed by atoms with Crippen LogP contribution in [0.4, 0.5) is 5.69 Å². The Morgan fingerprint density at radius 2 is 1.96 bits per heavy atom. The van der Waals surface area contributed by atoms with Crippen LogP contribution in [-0.4, -0.2) is 57.7 Å². The summed E-state index contributed by atoms with van der Waals surface area (Å²) in [5.74, 6) is 0.662. The van der Waals surface area contributed by atoms with Crippen LogP contribution >= 0.6 is 0 Å². The molecule has 0 unspecified atom stereocenters. The SMILES string of the molecule is O=C(N[C@@H]1C[C@H]2OCC[C@@H]12)c1ccccc1N1CCS(=O)(=O)CC1. The van der Waals surface area contributed by atoms with Crippen molar-refractivity contribution in [3.05, 3.63) is 29.8 Å². The van der Waals surface area contributed by atoms with E-state index in [4.69, 9.17) is 4.74 Å². The van der Waals surface area contributed by atoms with Crippen LogP contribution in [0.2, 0.25) is 0 Å². The van der Waals surface area contributed by atoms with Gasteiger partial charge in [-0.05, 0) is 25.0 Å². The Labute approximate surface area is 142 Å². The number of rotatable bonds is 3. The number of hydrogen-bond acceptors (Lipinski definition) is 5. The lowest BCUT2D eigenvalue weighted by Gasteiger charge is -2.39. The quantitative estimate of drug-likeness (QED) is 0.874. The highest BCUT2D eigenvalue weighted by Gasteiger charge is 2.45. The number of ether oxygens (including phenoxy) is 1. The first-order chi connectivity index (χ1) is 11.5. The third kappa shape index (κ3) is 2.91. The zero-order valence-corrected chi connectivity index (χ0v) is 14.3. The van der Waals surface area contributed by atoms with E-state index >= 15 is 0 Å². The highest BCUT2D eigenvalue weighted by molar-refractivity contribution is 7.91. The molecule has 130 valence electrons. The molecular formula is C17H22N2O4S. The third-order valence-corrected chi connectivity index (χ3v) is 7.02. The number of carbonyl (C=O) groups is 1. The maximum atomic E-state index is 12.7. The zero-order chi connectivity index (χ0) is 16.7. The highest BCUT2D eigenvalue weighted by Crippen LogP contribution is 2.38. The van der Waals surface area contributed by atoms with Gasteiger partial charge in [0.2, 0.25) is 0 Å². The summed E-state index contributed by atoms with van der Waals surface area (Å²) >= 11 is 0. The summed E-state index contributed by atoms with van der Waals surface area (Å²) in [7, 11) is -2.94. The molecule has 0 radical (unpaired) electrons. The molecule has 0 spiro atoms. The number of benzene rings is 1. The van der Waals surface area contributed by atoms with E-state index < -0.39 is 9.84 Å². The van der Waals surface area contributed by atoms with Crippen LogP contribution in [0.25, 0.3) is 0 Å². The first-order valence-electron chi connectivity index (χ1n) is 8.50. The monoisotopic (exact) mass is 350 g/mol. The fourth-order valence-electron chi connectivity index (χ4n) is 3.90. The molecule has 1 amide bonds. The highest BCUT2D eigenvalue weighted by atomic mass is 32.2. The lowest BCUT2D eigenvalue weighted by atomic mass is 9.76. The van der Waals surface area contributed by atoms with E-state index in [9.17, 15) is 13.2 Å². The van der Waals surface area contributed by atoms with Gasteiger partial charge in [0, 0.05) is 37.3 Å². The van der Waals surface area contributed by atoms with Crippen LogP contribution in [0.1, 0.15) is 23.2 Å². The minimum Gasteiger partial charge on any atom is -0.378 e. The van der Waals surface area contributed by atoms with Crippen molar-refractivity contribution in [2.24, 2.45) is 5.92 Å². The Balaban J connectivity index is 1.48. The zero-order valence-electron chi connectivity index (χ0n) is 13.5. The van der Waals surface area contributed by atoms with Crippen molar-refractivity contribution < 1.29 is 17.9 Å². The molecule has 2 aliphatic heterocycles. The third-order valence-electron chi connectivity index (χ3n) is 5.41. The molecule has 0 aromatic heterocycles. The molecule has 3 aliphatic rings. The molecule has 1 aromatic carbocycles. The van der Waals surface area contributed by atoms with Gasteiger partial charge in [0.05, 0.1) is 23.2 Å². The average molecular weight is 350 g/mol. The van der Waals surface area contributed by atoms with E-state index in [0.717, 1.165) is 25.1 Å². The van der Waals surface area contributed by atoms with E-state index in [-0.39, 0.29) is 23.5 Å². The molecule has 0 bridgehead atoms. The van der Waals surface area contributed by atoms with Gasteiger partial charge in [-0.1, -0.05) is 12.1 Å². The van der Waals surface area contributed by atoms with E-state index in [1.54, 1.807) is 0 Å². The van der Waals surface area contributed by atoms with Crippen LogP contribution in [-0.2, 0) is 14.6 Å². The number of carbonyl (C=O) groups excluding carboxylic acids is 1. The first kappa shape index (κ1) is 15.9. The Morgan fingerprint density at radius 1 is 1.21 bits per heavy atom. The second kappa shape index (κ2) is 6.04. The summed E-state index contributed by atoms with van der Waals surface area (Å²) in [5, 5.41) is 3.14. The minimum atomic E-state index is -2.94. The van der Waals surface area contributed by atoms with Gasteiger partial charge in [-0.3, -0.25) is 4.79 Å². The predicted octanol–water partition coefficient (Wildman–Crippen LogP) is 0.829. The van der Waals surface area contributed by atoms with Crippen molar-refractivity contribution in [3.8, 4) is 0 Å². The van der Waals surface area contributed by atoms with Crippen molar-refractivity contribution in [3.63, 3.8) is 0 Å². The molecule has 2 saturated heterocycles. The van der Waals surface area contributed by atoms with Gasteiger partial charge in [-0.15, -0.1) is 0 Å². The molecule has 4 rings (SSSR count). The maximum Gasteiger partial charge on any atom is 0.253 e. The smallest absolute Gasteiger partial charge is 0.253 e. The molecule has 3 atom stereocenters. The fourth-order valence-corrected chi connectivity index (χ4v) is 5.11.